The average Bonchev–Trinajstić information content (AvgIpc) is 3.13. The third-order valence-electron chi connectivity index (χ3n) is 4.45. The number of aromatic nitrogens is 1. The second-order valence-electron chi connectivity index (χ2n) is 7.15. The van der Waals surface area contributed by atoms with Gasteiger partial charge in [-0.25, -0.2) is 4.98 Å². The number of amides is 1. The lowest BCUT2D eigenvalue weighted by Crippen LogP contribution is -2.07. The molecule has 156 valence electrons. The van der Waals surface area contributed by atoms with Crippen LogP contribution in [0.25, 0.3) is 6.08 Å². The van der Waals surface area contributed by atoms with Gasteiger partial charge in [-0.2, -0.15) is 13.2 Å². The number of carbonyl (C=O) groups excluding carboxylic acids is 1. The molecule has 0 unspecified atom stereocenters. The van der Waals surface area contributed by atoms with Crippen molar-refractivity contribution in [3.63, 3.8) is 0 Å². The fourth-order valence-corrected chi connectivity index (χ4v) is 3.67. The van der Waals surface area contributed by atoms with Crippen LogP contribution in [0.3, 0.4) is 0 Å². The van der Waals surface area contributed by atoms with Gasteiger partial charge in [0.25, 0.3) is 0 Å². The van der Waals surface area contributed by atoms with E-state index in [0.717, 1.165) is 22.6 Å². The maximum atomic E-state index is 12.8. The van der Waals surface area contributed by atoms with E-state index in [1.54, 1.807) is 18.3 Å². The lowest BCUT2D eigenvalue weighted by molar-refractivity contribution is -0.137. The summed E-state index contributed by atoms with van der Waals surface area (Å²) in [5.41, 5.74) is 2.01. The van der Waals surface area contributed by atoms with Gasteiger partial charge in [0.1, 0.15) is 0 Å². The van der Waals surface area contributed by atoms with Crippen LogP contribution in [-0.2, 0) is 17.4 Å². The van der Waals surface area contributed by atoms with Crippen molar-refractivity contribution in [2.45, 2.75) is 32.4 Å². The zero-order valence-corrected chi connectivity index (χ0v) is 17.3. The van der Waals surface area contributed by atoms with Gasteiger partial charge in [-0.3, -0.25) is 10.1 Å². The summed E-state index contributed by atoms with van der Waals surface area (Å²) >= 11 is 1.24. The predicted molar refractivity (Wildman–Crippen MR) is 115 cm³/mol. The van der Waals surface area contributed by atoms with Crippen LogP contribution in [-0.4, -0.2) is 10.9 Å². The van der Waals surface area contributed by atoms with Crippen LogP contribution in [0.5, 0.6) is 0 Å². The number of nitrogens with one attached hydrogen (secondary N) is 1. The Bertz CT molecular complexity index is 1040. The molecule has 1 heterocycles. The van der Waals surface area contributed by atoms with E-state index in [0.29, 0.717) is 23.0 Å². The fraction of sp³-hybridized carbons (Fsp3) is 0.217. The second kappa shape index (κ2) is 9.26. The summed E-state index contributed by atoms with van der Waals surface area (Å²) in [6, 6.07) is 13.2. The van der Waals surface area contributed by atoms with Gasteiger partial charge in [-0.1, -0.05) is 56.3 Å². The van der Waals surface area contributed by atoms with E-state index < -0.39 is 11.7 Å². The van der Waals surface area contributed by atoms with Gasteiger partial charge in [0.2, 0.25) is 5.91 Å². The molecule has 0 atom stereocenters. The minimum atomic E-state index is -4.37. The van der Waals surface area contributed by atoms with Crippen molar-refractivity contribution in [1.82, 2.24) is 4.98 Å². The Balaban J connectivity index is 1.59. The Kier molecular flexibility index (Phi) is 6.72. The monoisotopic (exact) mass is 430 g/mol. The standard InChI is InChI=1S/C23H21F3N2OS/c1-15(2)18-9-6-16(7-10-18)8-11-21(29)28-22-27-14-20(30-22)13-17-4-3-5-19(12-17)23(24,25)26/h3-12,14-15H,13H2,1-2H3,(H,27,28,29)/b11-8+. The van der Waals surface area contributed by atoms with Crippen LogP contribution in [0.4, 0.5) is 18.3 Å². The molecule has 0 spiro atoms. The molecule has 1 aromatic heterocycles. The first-order valence-corrected chi connectivity index (χ1v) is 10.2. The first-order chi connectivity index (χ1) is 14.2. The highest BCUT2D eigenvalue weighted by Crippen LogP contribution is 2.30. The molecule has 0 saturated heterocycles. The van der Waals surface area contributed by atoms with Crippen molar-refractivity contribution in [2.24, 2.45) is 0 Å². The third kappa shape index (κ3) is 6.03. The lowest BCUT2D eigenvalue weighted by Gasteiger charge is -2.07. The van der Waals surface area contributed by atoms with Crippen LogP contribution in [0.2, 0.25) is 0 Å². The molecule has 1 amide bonds. The van der Waals surface area contributed by atoms with Crippen LogP contribution >= 0.6 is 11.3 Å². The summed E-state index contributed by atoms with van der Waals surface area (Å²) in [5, 5.41) is 3.09. The highest BCUT2D eigenvalue weighted by Gasteiger charge is 2.30. The number of thiazole rings is 1. The highest BCUT2D eigenvalue weighted by molar-refractivity contribution is 7.15. The van der Waals surface area contributed by atoms with E-state index >= 15 is 0 Å². The number of carbonyl (C=O) groups is 1. The summed E-state index contributed by atoms with van der Waals surface area (Å²) in [5.74, 6) is 0.129. The first kappa shape index (κ1) is 21.8. The zero-order chi connectivity index (χ0) is 21.7. The minimum absolute atomic E-state index is 0.315. The number of benzene rings is 2. The van der Waals surface area contributed by atoms with Crippen molar-refractivity contribution in [2.75, 3.05) is 5.32 Å². The van der Waals surface area contributed by atoms with E-state index in [4.69, 9.17) is 0 Å². The molecule has 2 aromatic carbocycles. The molecule has 0 bridgehead atoms. The maximum absolute atomic E-state index is 12.8. The van der Waals surface area contributed by atoms with Gasteiger partial charge in [0.05, 0.1) is 5.56 Å². The SMILES string of the molecule is CC(C)c1ccc(/C=C/C(=O)Nc2ncc(Cc3cccc(C(F)(F)F)c3)s2)cc1. The van der Waals surface area contributed by atoms with Gasteiger partial charge in [-0.05, 0) is 34.8 Å². The van der Waals surface area contributed by atoms with Crippen molar-refractivity contribution >= 4 is 28.5 Å². The topological polar surface area (TPSA) is 42.0 Å². The van der Waals surface area contributed by atoms with E-state index in [9.17, 15) is 18.0 Å². The maximum Gasteiger partial charge on any atom is 0.416 e. The van der Waals surface area contributed by atoms with Crippen LogP contribution < -0.4 is 5.32 Å². The zero-order valence-electron chi connectivity index (χ0n) is 16.5. The van der Waals surface area contributed by atoms with Crippen molar-refractivity contribution < 1.29 is 18.0 Å². The van der Waals surface area contributed by atoms with Gasteiger partial charge >= 0.3 is 6.18 Å². The second-order valence-corrected chi connectivity index (χ2v) is 8.27. The number of alkyl halides is 3. The van der Waals surface area contributed by atoms with Crippen LogP contribution in [0.1, 0.15) is 46.9 Å². The summed E-state index contributed by atoms with van der Waals surface area (Å²) in [6.45, 7) is 4.24. The number of hydrogen-bond donors (Lipinski definition) is 1. The molecular formula is C23H21F3N2OS. The van der Waals surface area contributed by atoms with E-state index in [2.05, 4.69) is 24.1 Å². The Morgan fingerprint density at radius 2 is 1.90 bits per heavy atom. The Morgan fingerprint density at radius 3 is 2.57 bits per heavy atom. The molecule has 0 fully saturated rings. The quantitative estimate of drug-likeness (QED) is 0.452. The molecule has 0 saturated carbocycles. The smallest absolute Gasteiger partial charge is 0.298 e. The van der Waals surface area contributed by atoms with E-state index in [1.165, 1.54) is 29.0 Å². The Morgan fingerprint density at radius 1 is 1.17 bits per heavy atom. The molecule has 0 radical (unpaired) electrons. The summed E-state index contributed by atoms with van der Waals surface area (Å²) < 4.78 is 38.5. The third-order valence-corrected chi connectivity index (χ3v) is 5.36. The average molecular weight is 430 g/mol. The molecule has 3 aromatic rings. The summed E-state index contributed by atoms with van der Waals surface area (Å²) in [6.07, 6.45) is 0.656. The number of anilines is 1. The fourth-order valence-electron chi connectivity index (χ4n) is 2.82. The lowest BCUT2D eigenvalue weighted by atomic mass is 10.0. The van der Waals surface area contributed by atoms with Gasteiger partial charge < -0.3 is 0 Å². The molecule has 3 nitrogen and oxygen atoms in total. The predicted octanol–water partition coefficient (Wildman–Crippen LogP) is 6.53. The largest absolute Gasteiger partial charge is 0.416 e. The highest BCUT2D eigenvalue weighted by atomic mass is 32.1. The van der Waals surface area contributed by atoms with Gasteiger partial charge in [-0.15, -0.1) is 11.3 Å². The summed E-state index contributed by atoms with van der Waals surface area (Å²) in [4.78, 5) is 17.0. The van der Waals surface area contributed by atoms with Crippen molar-refractivity contribution in [3.8, 4) is 0 Å². The van der Waals surface area contributed by atoms with Gasteiger partial charge in [0.15, 0.2) is 5.13 Å². The molecule has 3 rings (SSSR count). The number of halogens is 3. The molecule has 1 N–H and O–H groups in total. The van der Waals surface area contributed by atoms with Crippen molar-refractivity contribution in [1.29, 1.82) is 0 Å². The van der Waals surface area contributed by atoms with Crippen LogP contribution in [0.15, 0.2) is 60.8 Å². The molecular weight excluding hydrogens is 409 g/mol. The molecule has 0 aliphatic rings. The molecule has 30 heavy (non-hydrogen) atoms. The van der Waals surface area contributed by atoms with E-state index in [1.807, 2.05) is 24.3 Å². The number of nitrogens with zero attached hydrogens (tertiary/aromatic N) is 1. The normalized spacial score (nSPS) is 11.9. The minimum Gasteiger partial charge on any atom is -0.298 e. The number of rotatable bonds is 6. The molecule has 0 aliphatic carbocycles. The number of hydrogen-bond acceptors (Lipinski definition) is 3. The Labute approximate surface area is 177 Å². The first-order valence-electron chi connectivity index (χ1n) is 9.40. The van der Waals surface area contributed by atoms with Crippen molar-refractivity contribution in [3.05, 3.63) is 87.9 Å². The van der Waals surface area contributed by atoms with Gasteiger partial charge in [0, 0.05) is 23.6 Å². The summed E-state index contributed by atoms with van der Waals surface area (Å²) in [7, 11) is 0. The molecule has 7 heteroatoms. The van der Waals surface area contributed by atoms with E-state index in [-0.39, 0.29) is 5.91 Å². The molecule has 0 aliphatic heterocycles. The van der Waals surface area contributed by atoms with Crippen LogP contribution in [0, 0.1) is 0 Å². The Hall–Kier alpha value is -2.93.